The average molecular weight is 407 g/mol. The molecule has 0 aliphatic rings. The van der Waals surface area contributed by atoms with Crippen molar-refractivity contribution in [2.24, 2.45) is 0 Å². The third kappa shape index (κ3) is 6.63. The van der Waals surface area contributed by atoms with E-state index in [0.29, 0.717) is 49.8 Å². The van der Waals surface area contributed by atoms with Gasteiger partial charge in [0.15, 0.2) is 0 Å². The summed E-state index contributed by atoms with van der Waals surface area (Å²) >= 11 is 0. The van der Waals surface area contributed by atoms with Crippen LogP contribution >= 0.6 is 0 Å². The fourth-order valence-electron chi connectivity index (χ4n) is 2.31. The van der Waals surface area contributed by atoms with Crippen LogP contribution in [0.1, 0.15) is 30.6 Å². The Morgan fingerprint density at radius 1 is 0.964 bits per heavy atom. The molecule has 2 rings (SSSR count). The molecule has 2 aromatic carbocycles. The maximum Gasteiger partial charge on any atom is 0.255 e. The van der Waals surface area contributed by atoms with Gasteiger partial charge in [0.1, 0.15) is 12.4 Å². The molecule has 28 heavy (non-hydrogen) atoms. The molecule has 0 unspecified atom stereocenters. The molecule has 0 atom stereocenters. The monoisotopic (exact) mass is 406 g/mol. The summed E-state index contributed by atoms with van der Waals surface area (Å²) in [5.41, 5.74) is 0.981. The van der Waals surface area contributed by atoms with E-state index in [-0.39, 0.29) is 10.8 Å². The lowest BCUT2D eigenvalue weighted by Gasteiger charge is -2.09. The van der Waals surface area contributed by atoms with E-state index < -0.39 is 10.0 Å². The fraction of sp³-hybridized carbons (Fsp3) is 0.350. The Balaban J connectivity index is 1.93. The number of hydrogen-bond donors (Lipinski definition) is 2. The normalized spacial score (nSPS) is 11.2. The Morgan fingerprint density at radius 2 is 1.64 bits per heavy atom. The molecule has 2 aromatic rings. The van der Waals surface area contributed by atoms with Crippen molar-refractivity contribution < 1.29 is 22.7 Å². The molecule has 152 valence electrons. The average Bonchev–Trinajstić information content (AvgIpc) is 2.70. The van der Waals surface area contributed by atoms with E-state index in [9.17, 15) is 13.2 Å². The highest BCUT2D eigenvalue weighted by Gasteiger charge is 2.13. The van der Waals surface area contributed by atoms with E-state index in [2.05, 4.69) is 10.0 Å². The van der Waals surface area contributed by atoms with Crippen LogP contribution in [0.4, 0.5) is 5.69 Å². The van der Waals surface area contributed by atoms with E-state index >= 15 is 0 Å². The van der Waals surface area contributed by atoms with Gasteiger partial charge < -0.3 is 14.8 Å². The first kappa shape index (κ1) is 21.9. The van der Waals surface area contributed by atoms with Gasteiger partial charge in [-0.1, -0.05) is 6.92 Å². The second-order valence-corrected chi connectivity index (χ2v) is 7.71. The van der Waals surface area contributed by atoms with Crippen molar-refractivity contribution in [2.75, 3.05) is 31.7 Å². The number of amides is 1. The number of sulfonamides is 1. The van der Waals surface area contributed by atoms with Gasteiger partial charge in [-0.2, -0.15) is 0 Å². The lowest BCUT2D eigenvalue weighted by Crippen LogP contribution is -2.24. The number of anilines is 1. The van der Waals surface area contributed by atoms with Crippen LogP contribution < -0.4 is 14.8 Å². The van der Waals surface area contributed by atoms with Crippen LogP contribution in [0.2, 0.25) is 0 Å². The highest BCUT2D eigenvalue weighted by Crippen LogP contribution is 2.17. The van der Waals surface area contributed by atoms with Crippen LogP contribution in [0, 0.1) is 0 Å². The minimum atomic E-state index is -3.52. The van der Waals surface area contributed by atoms with Gasteiger partial charge in [-0.3, -0.25) is 4.79 Å². The van der Waals surface area contributed by atoms with Crippen molar-refractivity contribution in [3.8, 4) is 5.75 Å². The zero-order valence-corrected chi connectivity index (χ0v) is 16.9. The molecular formula is C20H26N2O5S. The van der Waals surface area contributed by atoms with Crippen molar-refractivity contribution in [1.82, 2.24) is 4.72 Å². The number of rotatable bonds is 11. The topological polar surface area (TPSA) is 93.7 Å². The molecular weight excluding hydrogens is 380 g/mol. The molecule has 0 radical (unpaired) electrons. The first-order valence-electron chi connectivity index (χ1n) is 9.18. The summed E-state index contributed by atoms with van der Waals surface area (Å²) in [6.07, 6.45) is 0.712. The first-order valence-corrected chi connectivity index (χ1v) is 10.7. The smallest absolute Gasteiger partial charge is 0.255 e. The number of ether oxygens (including phenoxy) is 2. The molecule has 8 heteroatoms. The van der Waals surface area contributed by atoms with Crippen molar-refractivity contribution in [1.29, 1.82) is 0 Å². The Kier molecular flexibility index (Phi) is 8.43. The summed E-state index contributed by atoms with van der Waals surface area (Å²) in [4.78, 5) is 12.5. The van der Waals surface area contributed by atoms with Crippen LogP contribution in [-0.2, 0) is 14.8 Å². The first-order chi connectivity index (χ1) is 13.5. The van der Waals surface area contributed by atoms with Gasteiger partial charge in [-0.25, -0.2) is 13.1 Å². The van der Waals surface area contributed by atoms with Crippen LogP contribution in [0.5, 0.6) is 5.75 Å². The number of hydrogen-bond acceptors (Lipinski definition) is 5. The second kappa shape index (κ2) is 10.8. The number of carbonyl (C=O) groups excluding carboxylic acids is 1. The lowest BCUT2D eigenvalue weighted by molar-refractivity contribution is 0.102. The standard InChI is InChI=1S/C20H26N2O5S/c1-3-13-21-28(24,25)19-11-7-17(8-12-19)22-20(23)16-5-9-18(10-6-16)27-15-14-26-4-2/h5-12,21H,3-4,13-15H2,1-2H3,(H,22,23). The van der Waals surface area contributed by atoms with Crippen molar-refractivity contribution in [3.63, 3.8) is 0 Å². The molecule has 0 aromatic heterocycles. The fourth-order valence-corrected chi connectivity index (χ4v) is 3.44. The summed E-state index contributed by atoms with van der Waals surface area (Å²) in [5, 5.41) is 2.74. The zero-order chi connectivity index (χ0) is 20.4. The van der Waals surface area contributed by atoms with Gasteiger partial charge in [0.25, 0.3) is 5.91 Å². The van der Waals surface area contributed by atoms with E-state index in [1.54, 1.807) is 36.4 Å². The summed E-state index contributed by atoms with van der Waals surface area (Å²) in [6, 6.07) is 12.8. The maximum absolute atomic E-state index is 12.3. The Hall–Kier alpha value is -2.42. The molecule has 0 heterocycles. The van der Waals surface area contributed by atoms with Gasteiger partial charge in [0.2, 0.25) is 10.0 Å². The molecule has 0 saturated heterocycles. The van der Waals surface area contributed by atoms with E-state index in [1.165, 1.54) is 12.1 Å². The van der Waals surface area contributed by atoms with E-state index in [0.717, 1.165) is 0 Å². The Bertz CT molecular complexity index is 849. The van der Waals surface area contributed by atoms with Crippen LogP contribution in [0.15, 0.2) is 53.4 Å². The molecule has 0 saturated carbocycles. The molecule has 0 aliphatic heterocycles. The predicted octanol–water partition coefficient (Wildman–Crippen LogP) is 3.04. The summed E-state index contributed by atoms with van der Waals surface area (Å²) in [6.45, 7) is 5.79. The molecule has 0 fully saturated rings. The third-order valence-electron chi connectivity index (χ3n) is 3.78. The van der Waals surface area contributed by atoms with Crippen molar-refractivity contribution in [3.05, 3.63) is 54.1 Å². The van der Waals surface area contributed by atoms with Gasteiger partial charge in [0, 0.05) is 24.4 Å². The Morgan fingerprint density at radius 3 is 2.25 bits per heavy atom. The molecule has 7 nitrogen and oxygen atoms in total. The summed E-state index contributed by atoms with van der Waals surface area (Å²) < 4.78 is 37.4. The molecule has 0 aliphatic carbocycles. The summed E-state index contributed by atoms with van der Waals surface area (Å²) in [5.74, 6) is 0.367. The number of nitrogens with one attached hydrogen (secondary N) is 2. The predicted molar refractivity (Wildman–Crippen MR) is 108 cm³/mol. The van der Waals surface area contributed by atoms with Gasteiger partial charge in [-0.15, -0.1) is 0 Å². The number of carbonyl (C=O) groups is 1. The minimum absolute atomic E-state index is 0.160. The van der Waals surface area contributed by atoms with Gasteiger partial charge in [-0.05, 0) is 61.9 Å². The molecule has 0 bridgehead atoms. The summed E-state index contributed by atoms with van der Waals surface area (Å²) in [7, 11) is -3.52. The molecule has 1 amide bonds. The van der Waals surface area contributed by atoms with E-state index in [4.69, 9.17) is 9.47 Å². The van der Waals surface area contributed by atoms with E-state index in [1.807, 2.05) is 13.8 Å². The Labute approximate surface area is 166 Å². The largest absolute Gasteiger partial charge is 0.491 e. The van der Waals surface area contributed by atoms with Gasteiger partial charge in [0.05, 0.1) is 11.5 Å². The van der Waals surface area contributed by atoms with Crippen LogP contribution in [-0.4, -0.2) is 40.7 Å². The minimum Gasteiger partial charge on any atom is -0.491 e. The third-order valence-corrected chi connectivity index (χ3v) is 5.26. The van der Waals surface area contributed by atoms with Gasteiger partial charge >= 0.3 is 0 Å². The zero-order valence-electron chi connectivity index (χ0n) is 16.1. The quantitative estimate of drug-likeness (QED) is 0.560. The van der Waals surface area contributed by atoms with Crippen molar-refractivity contribution in [2.45, 2.75) is 25.2 Å². The molecule has 0 spiro atoms. The molecule has 2 N–H and O–H groups in total. The second-order valence-electron chi connectivity index (χ2n) is 5.95. The highest BCUT2D eigenvalue weighted by atomic mass is 32.2. The highest BCUT2D eigenvalue weighted by molar-refractivity contribution is 7.89. The maximum atomic E-state index is 12.3. The lowest BCUT2D eigenvalue weighted by atomic mass is 10.2. The number of benzene rings is 2. The SMILES string of the molecule is CCCNS(=O)(=O)c1ccc(NC(=O)c2ccc(OCCOCC)cc2)cc1. The van der Waals surface area contributed by atoms with Crippen LogP contribution in [0.3, 0.4) is 0 Å². The van der Waals surface area contributed by atoms with Crippen LogP contribution in [0.25, 0.3) is 0 Å². The van der Waals surface area contributed by atoms with Crippen molar-refractivity contribution >= 4 is 21.6 Å².